The van der Waals surface area contributed by atoms with Crippen LogP contribution >= 0.6 is 0 Å². The summed E-state index contributed by atoms with van der Waals surface area (Å²) in [5.41, 5.74) is 13.3. The minimum atomic E-state index is 0.213. The average Bonchev–Trinajstić information content (AvgIpc) is 3.07. The molecule has 0 aliphatic rings. The van der Waals surface area contributed by atoms with E-state index in [-0.39, 0.29) is 29.4 Å². The third-order valence-electron chi connectivity index (χ3n) is 8.82. The van der Waals surface area contributed by atoms with Crippen LogP contribution in [0.3, 0.4) is 0 Å². The molecule has 5 heteroatoms. The highest BCUT2D eigenvalue weighted by atomic mass is 16.3. The molecule has 0 unspecified atom stereocenters. The minimum absolute atomic E-state index is 0.213. The van der Waals surface area contributed by atoms with E-state index in [2.05, 4.69) is 96.5 Å². The number of aromatic hydroxyl groups is 1. The molecule has 246 valence electrons. The standard InChI is InChI=1S/C43H48N4O/c1-26(2)35-20-31(21-36(27(3)4)42(35)46-24-33-14-10-12-18-44-33)40-30(9)16-17-39(48)41(40)32-22-37(28(5)6)43(38(23-32)29(7)8)47-25-34-15-11-13-19-45-34/h10-29,48H,1-9H3/b46-24+,47-25+. The second-order valence-corrected chi connectivity index (χ2v) is 13.8. The van der Waals surface area contributed by atoms with Crippen LogP contribution in [-0.4, -0.2) is 27.5 Å². The van der Waals surface area contributed by atoms with Crippen molar-refractivity contribution in [2.45, 2.75) is 86.0 Å². The summed E-state index contributed by atoms with van der Waals surface area (Å²) in [7, 11) is 0. The highest BCUT2D eigenvalue weighted by Gasteiger charge is 2.23. The van der Waals surface area contributed by atoms with Gasteiger partial charge in [0.15, 0.2) is 0 Å². The number of hydrogen-bond acceptors (Lipinski definition) is 5. The number of hydrogen-bond donors (Lipinski definition) is 1. The van der Waals surface area contributed by atoms with E-state index >= 15 is 0 Å². The van der Waals surface area contributed by atoms with Crippen LogP contribution in [0.25, 0.3) is 22.3 Å². The highest BCUT2D eigenvalue weighted by Crippen LogP contribution is 2.47. The largest absolute Gasteiger partial charge is 0.507 e. The molecule has 0 radical (unpaired) electrons. The molecular formula is C43H48N4O. The van der Waals surface area contributed by atoms with Crippen molar-refractivity contribution in [3.63, 3.8) is 0 Å². The van der Waals surface area contributed by atoms with E-state index in [1.54, 1.807) is 12.4 Å². The van der Waals surface area contributed by atoms with E-state index in [4.69, 9.17) is 9.98 Å². The van der Waals surface area contributed by atoms with Crippen LogP contribution in [-0.2, 0) is 0 Å². The first-order chi connectivity index (χ1) is 23.0. The number of pyridine rings is 2. The molecule has 48 heavy (non-hydrogen) atoms. The van der Waals surface area contributed by atoms with Crippen molar-refractivity contribution in [2.75, 3.05) is 0 Å². The van der Waals surface area contributed by atoms with Crippen LogP contribution in [0.2, 0.25) is 0 Å². The minimum Gasteiger partial charge on any atom is -0.507 e. The number of phenolic OH excluding ortho intramolecular Hbond substituents is 1. The van der Waals surface area contributed by atoms with Gasteiger partial charge in [0.05, 0.1) is 35.2 Å². The van der Waals surface area contributed by atoms with Gasteiger partial charge in [0, 0.05) is 18.0 Å². The summed E-state index contributed by atoms with van der Waals surface area (Å²) in [6, 6.07) is 24.5. The zero-order valence-corrected chi connectivity index (χ0v) is 29.8. The Labute approximate surface area is 286 Å². The molecule has 0 amide bonds. The van der Waals surface area contributed by atoms with E-state index in [0.717, 1.165) is 61.7 Å². The summed E-state index contributed by atoms with van der Waals surface area (Å²) in [5.74, 6) is 1.15. The maximum absolute atomic E-state index is 11.7. The molecular weight excluding hydrogens is 589 g/mol. The molecule has 2 aromatic heterocycles. The van der Waals surface area contributed by atoms with E-state index < -0.39 is 0 Å². The normalized spacial score (nSPS) is 12.1. The molecule has 3 aromatic carbocycles. The Bertz CT molecular complexity index is 1740. The number of benzene rings is 3. The van der Waals surface area contributed by atoms with E-state index in [9.17, 15) is 5.11 Å². The second-order valence-electron chi connectivity index (χ2n) is 13.8. The maximum atomic E-state index is 11.7. The van der Waals surface area contributed by atoms with Crippen molar-refractivity contribution >= 4 is 23.8 Å². The number of rotatable bonds is 10. The lowest BCUT2D eigenvalue weighted by atomic mass is 9.82. The van der Waals surface area contributed by atoms with Crippen LogP contribution in [0.4, 0.5) is 11.4 Å². The monoisotopic (exact) mass is 636 g/mol. The lowest BCUT2D eigenvalue weighted by Gasteiger charge is -2.23. The van der Waals surface area contributed by atoms with Gasteiger partial charge in [-0.05, 0) is 130 Å². The Hall–Kier alpha value is -4.90. The molecule has 0 saturated heterocycles. The lowest BCUT2D eigenvalue weighted by Crippen LogP contribution is -2.01. The number of aromatic nitrogens is 2. The Morgan fingerprint density at radius 1 is 0.542 bits per heavy atom. The van der Waals surface area contributed by atoms with Crippen molar-refractivity contribution in [3.05, 3.63) is 124 Å². The van der Waals surface area contributed by atoms with Crippen LogP contribution in [0, 0.1) is 6.92 Å². The molecule has 1 N–H and O–H groups in total. The van der Waals surface area contributed by atoms with Gasteiger partial charge in [-0.2, -0.15) is 0 Å². The van der Waals surface area contributed by atoms with Crippen LogP contribution in [0.15, 0.2) is 95.2 Å². The van der Waals surface area contributed by atoms with Gasteiger partial charge in [-0.25, -0.2) is 0 Å². The second kappa shape index (κ2) is 14.9. The zero-order valence-electron chi connectivity index (χ0n) is 29.8. The third-order valence-corrected chi connectivity index (χ3v) is 8.82. The van der Waals surface area contributed by atoms with Gasteiger partial charge in [-0.3, -0.25) is 20.0 Å². The van der Waals surface area contributed by atoms with Crippen molar-refractivity contribution in [3.8, 4) is 28.0 Å². The van der Waals surface area contributed by atoms with Crippen LogP contribution in [0.5, 0.6) is 5.75 Å². The maximum Gasteiger partial charge on any atom is 0.124 e. The topological polar surface area (TPSA) is 70.7 Å². The number of nitrogens with zero attached hydrogens (tertiary/aromatic N) is 4. The van der Waals surface area contributed by atoms with Crippen molar-refractivity contribution in [1.82, 2.24) is 9.97 Å². The van der Waals surface area contributed by atoms with Crippen LogP contribution in [0.1, 0.15) is 118 Å². The van der Waals surface area contributed by atoms with Crippen LogP contribution < -0.4 is 0 Å². The number of phenols is 1. The molecule has 0 atom stereocenters. The summed E-state index contributed by atoms with van der Waals surface area (Å²) in [5, 5.41) is 11.7. The molecule has 0 aliphatic heterocycles. The summed E-state index contributed by atoms with van der Waals surface area (Å²) in [6.07, 6.45) is 7.28. The summed E-state index contributed by atoms with van der Waals surface area (Å²) in [4.78, 5) is 19.0. The van der Waals surface area contributed by atoms with Crippen molar-refractivity contribution in [2.24, 2.45) is 9.98 Å². The van der Waals surface area contributed by atoms with E-state index in [1.165, 1.54) is 11.1 Å². The Morgan fingerprint density at radius 2 is 0.938 bits per heavy atom. The average molecular weight is 637 g/mol. The molecule has 0 aliphatic carbocycles. The predicted molar refractivity (Wildman–Crippen MR) is 203 cm³/mol. The Balaban J connectivity index is 1.75. The molecule has 0 spiro atoms. The Morgan fingerprint density at radius 3 is 1.29 bits per heavy atom. The van der Waals surface area contributed by atoms with Gasteiger partial charge >= 0.3 is 0 Å². The number of aryl methyl sites for hydroxylation is 1. The predicted octanol–water partition coefficient (Wildman–Crippen LogP) is 11.8. The Kier molecular flexibility index (Phi) is 10.7. The highest BCUT2D eigenvalue weighted by molar-refractivity contribution is 5.92. The quantitative estimate of drug-likeness (QED) is 0.155. The molecule has 0 bridgehead atoms. The zero-order chi connectivity index (χ0) is 34.5. The smallest absolute Gasteiger partial charge is 0.124 e. The fourth-order valence-electron chi connectivity index (χ4n) is 6.23. The van der Waals surface area contributed by atoms with Gasteiger partial charge in [0.1, 0.15) is 5.75 Å². The lowest BCUT2D eigenvalue weighted by molar-refractivity contribution is 0.477. The first kappa shape index (κ1) is 34.4. The van der Waals surface area contributed by atoms with Gasteiger partial charge in [0.25, 0.3) is 0 Å². The van der Waals surface area contributed by atoms with Crippen molar-refractivity contribution < 1.29 is 5.11 Å². The van der Waals surface area contributed by atoms with Gasteiger partial charge < -0.3 is 5.11 Å². The van der Waals surface area contributed by atoms with Gasteiger partial charge in [0.2, 0.25) is 0 Å². The summed E-state index contributed by atoms with van der Waals surface area (Å²) in [6.45, 7) is 19.8. The molecule has 2 heterocycles. The SMILES string of the molecule is Cc1ccc(O)c(-c2cc(C(C)C)c(/N=C/c3ccccn3)c(C(C)C)c2)c1-c1cc(C(C)C)c(/N=C/c2ccccn2)c(C(C)C)c1. The summed E-state index contributed by atoms with van der Waals surface area (Å²) < 4.78 is 0. The molecule has 0 fully saturated rings. The molecule has 5 nitrogen and oxygen atoms in total. The molecule has 5 aromatic rings. The number of aliphatic imine (C=N–C) groups is 2. The molecule has 5 rings (SSSR count). The van der Waals surface area contributed by atoms with Gasteiger partial charge in [-0.1, -0.05) is 73.6 Å². The molecule has 0 saturated carbocycles. The first-order valence-corrected chi connectivity index (χ1v) is 17.0. The summed E-state index contributed by atoms with van der Waals surface area (Å²) >= 11 is 0. The van der Waals surface area contributed by atoms with E-state index in [1.807, 2.05) is 61.0 Å². The fourth-order valence-corrected chi connectivity index (χ4v) is 6.23. The first-order valence-electron chi connectivity index (χ1n) is 17.0. The van der Waals surface area contributed by atoms with E-state index in [0.29, 0.717) is 0 Å². The van der Waals surface area contributed by atoms with Crippen molar-refractivity contribution in [1.29, 1.82) is 0 Å². The third kappa shape index (κ3) is 7.46. The fraction of sp³-hybridized carbons (Fsp3) is 0.302. The van der Waals surface area contributed by atoms with Gasteiger partial charge in [-0.15, -0.1) is 0 Å².